The van der Waals surface area contributed by atoms with Crippen LogP contribution in [-0.2, 0) is 25.6 Å². The largest absolute Gasteiger partial charge is 0.497 e. The number of benzene rings is 1. The molecule has 3 rings (SSSR count). The SMILES string of the molecule is COc1ccc(CC(=O)N[C@H](CC(=O)O)NC(=O)[C@@H]2CCCN(C(=O)CCC3CCNCC3)C2)cc1. The number of nitrogens with zero attached hydrogens (tertiary/aromatic N) is 1. The quantitative estimate of drug-likeness (QED) is 0.335. The highest BCUT2D eigenvalue weighted by Crippen LogP contribution is 2.22. The van der Waals surface area contributed by atoms with E-state index in [0.29, 0.717) is 44.0 Å². The molecule has 0 unspecified atom stereocenters. The van der Waals surface area contributed by atoms with Gasteiger partial charge in [-0.25, -0.2) is 0 Å². The van der Waals surface area contributed by atoms with E-state index >= 15 is 0 Å². The van der Waals surface area contributed by atoms with Gasteiger partial charge in [0.15, 0.2) is 0 Å². The van der Waals surface area contributed by atoms with Gasteiger partial charge >= 0.3 is 5.97 Å². The van der Waals surface area contributed by atoms with E-state index in [0.717, 1.165) is 37.9 Å². The molecule has 36 heavy (non-hydrogen) atoms. The highest BCUT2D eigenvalue weighted by atomic mass is 16.5. The fourth-order valence-electron chi connectivity index (χ4n) is 4.85. The van der Waals surface area contributed by atoms with E-state index in [4.69, 9.17) is 4.74 Å². The number of hydrogen-bond donors (Lipinski definition) is 4. The number of nitrogens with one attached hydrogen (secondary N) is 3. The number of methoxy groups -OCH3 is 1. The van der Waals surface area contributed by atoms with Crippen molar-refractivity contribution in [1.82, 2.24) is 20.9 Å². The molecule has 10 heteroatoms. The van der Waals surface area contributed by atoms with Crippen molar-refractivity contribution in [1.29, 1.82) is 0 Å². The summed E-state index contributed by atoms with van der Waals surface area (Å²) in [7, 11) is 1.55. The predicted octanol–water partition coefficient (Wildman–Crippen LogP) is 1.29. The topological polar surface area (TPSA) is 137 Å². The van der Waals surface area contributed by atoms with E-state index in [1.54, 1.807) is 36.3 Å². The molecule has 10 nitrogen and oxygen atoms in total. The van der Waals surface area contributed by atoms with Crippen LogP contribution in [0.3, 0.4) is 0 Å². The molecule has 1 aromatic carbocycles. The van der Waals surface area contributed by atoms with Gasteiger partial charge in [0.25, 0.3) is 0 Å². The summed E-state index contributed by atoms with van der Waals surface area (Å²) >= 11 is 0. The molecule has 0 radical (unpaired) electrons. The van der Waals surface area contributed by atoms with Gasteiger partial charge < -0.3 is 30.7 Å². The van der Waals surface area contributed by atoms with Crippen LogP contribution < -0.4 is 20.7 Å². The van der Waals surface area contributed by atoms with Gasteiger partial charge in [-0.3, -0.25) is 19.2 Å². The molecule has 2 aliphatic rings. The average Bonchev–Trinajstić information content (AvgIpc) is 2.88. The van der Waals surface area contributed by atoms with Crippen molar-refractivity contribution in [2.45, 2.75) is 57.5 Å². The van der Waals surface area contributed by atoms with Crippen LogP contribution in [0.1, 0.15) is 50.5 Å². The van der Waals surface area contributed by atoms with Gasteiger partial charge in [-0.05, 0) is 68.8 Å². The van der Waals surface area contributed by atoms with E-state index in [2.05, 4.69) is 16.0 Å². The van der Waals surface area contributed by atoms with Gasteiger partial charge in [-0.2, -0.15) is 0 Å². The number of hydrogen-bond acceptors (Lipinski definition) is 6. The number of piperidine rings is 2. The molecular weight excluding hydrogens is 464 g/mol. The summed E-state index contributed by atoms with van der Waals surface area (Å²) in [6, 6.07) is 6.98. The fourth-order valence-corrected chi connectivity index (χ4v) is 4.85. The number of rotatable bonds is 11. The molecule has 0 bridgehead atoms. The van der Waals surface area contributed by atoms with Gasteiger partial charge in [-0.1, -0.05) is 12.1 Å². The Bertz CT molecular complexity index is 900. The monoisotopic (exact) mass is 502 g/mol. The van der Waals surface area contributed by atoms with Crippen LogP contribution in [0.5, 0.6) is 5.75 Å². The maximum absolute atomic E-state index is 13.0. The number of ether oxygens (including phenoxy) is 1. The molecule has 3 amide bonds. The van der Waals surface area contributed by atoms with Gasteiger partial charge in [-0.15, -0.1) is 0 Å². The van der Waals surface area contributed by atoms with Crippen molar-refractivity contribution in [3.05, 3.63) is 29.8 Å². The Morgan fingerprint density at radius 2 is 1.83 bits per heavy atom. The van der Waals surface area contributed by atoms with E-state index < -0.39 is 30.4 Å². The Kier molecular flexibility index (Phi) is 10.5. The van der Waals surface area contributed by atoms with Crippen molar-refractivity contribution >= 4 is 23.7 Å². The Hall–Kier alpha value is -3.14. The lowest BCUT2D eigenvalue weighted by Gasteiger charge is -2.33. The minimum atomic E-state index is -1.14. The first-order chi connectivity index (χ1) is 17.3. The molecule has 2 saturated heterocycles. The second-order valence-electron chi connectivity index (χ2n) is 9.66. The summed E-state index contributed by atoms with van der Waals surface area (Å²) in [5.74, 6) is -1.01. The number of likely N-dealkylation sites (tertiary alicyclic amines) is 1. The van der Waals surface area contributed by atoms with E-state index in [1.165, 1.54) is 0 Å². The van der Waals surface area contributed by atoms with Gasteiger partial charge in [0.1, 0.15) is 11.9 Å². The lowest BCUT2D eigenvalue weighted by Crippen LogP contribution is -2.53. The second-order valence-corrected chi connectivity index (χ2v) is 9.66. The van der Waals surface area contributed by atoms with Crippen molar-refractivity contribution in [2.75, 3.05) is 33.3 Å². The van der Waals surface area contributed by atoms with E-state index in [1.807, 2.05) is 0 Å². The Morgan fingerprint density at radius 1 is 1.11 bits per heavy atom. The van der Waals surface area contributed by atoms with Crippen LogP contribution in [-0.4, -0.2) is 73.2 Å². The molecule has 2 aliphatic heterocycles. The summed E-state index contributed by atoms with van der Waals surface area (Å²) in [6.07, 6.45) is 3.43. The Morgan fingerprint density at radius 3 is 2.50 bits per heavy atom. The summed E-state index contributed by atoms with van der Waals surface area (Å²) in [5, 5.41) is 17.9. The van der Waals surface area contributed by atoms with Crippen LogP contribution >= 0.6 is 0 Å². The first kappa shape index (κ1) is 27.4. The number of carbonyl (C=O) groups is 4. The number of amides is 3. The zero-order valence-corrected chi connectivity index (χ0v) is 21.0. The van der Waals surface area contributed by atoms with Gasteiger partial charge in [0.05, 0.1) is 25.9 Å². The van der Waals surface area contributed by atoms with E-state index in [-0.39, 0.29) is 18.2 Å². The molecule has 4 N–H and O–H groups in total. The first-order valence-electron chi connectivity index (χ1n) is 12.8. The maximum atomic E-state index is 13.0. The Labute approximate surface area is 212 Å². The van der Waals surface area contributed by atoms with Crippen LogP contribution in [0.25, 0.3) is 0 Å². The maximum Gasteiger partial charge on any atom is 0.307 e. The third-order valence-electron chi connectivity index (χ3n) is 6.92. The van der Waals surface area contributed by atoms with Crippen LogP contribution in [0.4, 0.5) is 0 Å². The third-order valence-corrected chi connectivity index (χ3v) is 6.92. The summed E-state index contributed by atoms with van der Waals surface area (Å²) in [4.78, 5) is 51.4. The normalized spacial score (nSPS) is 19.2. The van der Waals surface area contributed by atoms with Crippen molar-refractivity contribution in [3.8, 4) is 5.75 Å². The van der Waals surface area contributed by atoms with Crippen LogP contribution in [0, 0.1) is 11.8 Å². The highest BCUT2D eigenvalue weighted by Gasteiger charge is 2.30. The van der Waals surface area contributed by atoms with E-state index in [9.17, 15) is 24.3 Å². The molecular formula is C26H38N4O6. The summed E-state index contributed by atoms with van der Waals surface area (Å²) < 4.78 is 5.11. The fraction of sp³-hybridized carbons (Fsp3) is 0.615. The lowest BCUT2D eigenvalue weighted by atomic mass is 9.92. The summed E-state index contributed by atoms with van der Waals surface area (Å²) in [6.45, 7) is 2.94. The number of carboxylic acids is 1. The molecule has 0 aliphatic carbocycles. The standard InChI is InChI=1S/C26H38N4O6/c1-36-21-7-4-19(5-8-21)15-23(31)28-22(16-25(33)34)29-26(35)20-3-2-14-30(17-20)24(32)9-6-18-10-12-27-13-11-18/h4-5,7-8,18,20,22,27H,2-3,6,9-17H2,1H3,(H,28,31)(H,29,35)(H,33,34)/t20-,22+/m1/s1. The minimum Gasteiger partial charge on any atom is -0.497 e. The zero-order chi connectivity index (χ0) is 25.9. The smallest absolute Gasteiger partial charge is 0.307 e. The van der Waals surface area contributed by atoms with Crippen LogP contribution in [0.15, 0.2) is 24.3 Å². The molecule has 2 atom stereocenters. The summed E-state index contributed by atoms with van der Waals surface area (Å²) in [5.41, 5.74) is 0.736. The molecule has 0 saturated carbocycles. The van der Waals surface area contributed by atoms with Crippen molar-refractivity contribution < 1.29 is 29.0 Å². The molecule has 2 fully saturated rings. The van der Waals surface area contributed by atoms with Crippen molar-refractivity contribution in [3.63, 3.8) is 0 Å². The minimum absolute atomic E-state index is 0.0404. The zero-order valence-electron chi connectivity index (χ0n) is 21.0. The number of aliphatic carboxylic acids is 1. The number of carbonyl (C=O) groups excluding carboxylic acids is 3. The molecule has 198 valence electrons. The second kappa shape index (κ2) is 13.8. The van der Waals surface area contributed by atoms with Crippen molar-refractivity contribution in [2.24, 2.45) is 11.8 Å². The van der Waals surface area contributed by atoms with Crippen LogP contribution in [0.2, 0.25) is 0 Å². The molecule has 1 aromatic rings. The highest BCUT2D eigenvalue weighted by molar-refractivity contribution is 5.84. The lowest BCUT2D eigenvalue weighted by molar-refractivity contribution is -0.138. The Balaban J connectivity index is 1.50. The molecule has 0 spiro atoms. The van der Waals surface area contributed by atoms with Gasteiger partial charge in [0.2, 0.25) is 17.7 Å². The first-order valence-corrected chi connectivity index (χ1v) is 12.8. The third kappa shape index (κ3) is 8.82. The average molecular weight is 503 g/mol. The number of carboxylic acid groups (broad SMARTS) is 1. The molecule has 2 heterocycles. The molecule has 0 aromatic heterocycles. The van der Waals surface area contributed by atoms with Gasteiger partial charge in [0, 0.05) is 19.5 Å². The predicted molar refractivity (Wildman–Crippen MR) is 133 cm³/mol.